The van der Waals surface area contributed by atoms with E-state index in [-0.39, 0.29) is 5.91 Å². The zero-order chi connectivity index (χ0) is 14.4. The van der Waals surface area contributed by atoms with E-state index in [9.17, 15) is 4.79 Å². The molecular formula is C14H19N3O2. The van der Waals surface area contributed by atoms with Crippen molar-refractivity contribution in [3.63, 3.8) is 0 Å². The minimum atomic E-state index is -0.631. The zero-order valence-electron chi connectivity index (χ0n) is 11.4. The quantitative estimate of drug-likeness (QED) is 0.789. The molecule has 5 heteroatoms. The number of amides is 1. The first-order valence-electron chi connectivity index (χ1n) is 6.18. The molecule has 1 aromatic carbocycles. The van der Waals surface area contributed by atoms with Crippen LogP contribution >= 0.6 is 0 Å². The van der Waals surface area contributed by atoms with Crippen molar-refractivity contribution < 1.29 is 9.53 Å². The van der Waals surface area contributed by atoms with E-state index in [1.54, 1.807) is 19.1 Å². The summed E-state index contributed by atoms with van der Waals surface area (Å²) < 4.78 is 5.49. The van der Waals surface area contributed by atoms with E-state index < -0.39 is 6.10 Å². The number of nitrogens with two attached hydrogens (primary N) is 1. The largest absolute Gasteiger partial charge is 0.479 e. The monoisotopic (exact) mass is 261 g/mol. The van der Waals surface area contributed by atoms with Gasteiger partial charge in [0.1, 0.15) is 5.75 Å². The van der Waals surface area contributed by atoms with Crippen LogP contribution in [0.25, 0.3) is 0 Å². The van der Waals surface area contributed by atoms with E-state index in [4.69, 9.17) is 15.7 Å². The van der Waals surface area contributed by atoms with E-state index in [0.29, 0.717) is 29.5 Å². The highest BCUT2D eigenvalue weighted by Crippen LogP contribution is 2.23. The molecule has 0 aliphatic carbocycles. The summed E-state index contributed by atoms with van der Waals surface area (Å²) in [6.45, 7) is 6.30. The molecule has 0 fully saturated rings. The minimum absolute atomic E-state index is 0.183. The lowest BCUT2D eigenvalue weighted by atomic mass is 10.2. The molecule has 0 saturated carbocycles. The number of nitrogen functional groups attached to an aromatic ring is 1. The number of hydrogen-bond acceptors (Lipinski definition) is 4. The van der Waals surface area contributed by atoms with Crippen LogP contribution < -0.4 is 15.8 Å². The van der Waals surface area contributed by atoms with Gasteiger partial charge in [-0.3, -0.25) is 4.79 Å². The van der Waals surface area contributed by atoms with Gasteiger partial charge in [-0.05, 0) is 31.0 Å². The SMILES string of the molecule is CC(C)CNC(=O)C(C)Oc1ccc(C#N)cc1N. The van der Waals surface area contributed by atoms with Gasteiger partial charge in [-0.2, -0.15) is 5.26 Å². The van der Waals surface area contributed by atoms with E-state index in [2.05, 4.69) is 5.32 Å². The van der Waals surface area contributed by atoms with Crippen molar-refractivity contribution in [2.24, 2.45) is 5.92 Å². The number of nitrogens with zero attached hydrogens (tertiary/aromatic N) is 1. The molecule has 1 unspecified atom stereocenters. The summed E-state index contributed by atoms with van der Waals surface area (Å²) in [5.74, 6) is 0.611. The number of carbonyl (C=O) groups is 1. The lowest BCUT2D eigenvalue weighted by Crippen LogP contribution is -2.38. The Hall–Kier alpha value is -2.22. The highest BCUT2D eigenvalue weighted by Gasteiger charge is 2.15. The van der Waals surface area contributed by atoms with Crippen molar-refractivity contribution in [2.75, 3.05) is 12.3 Å². The van der Waals surface area contributed by atoms with Gasteiger partial charge < -0.3 is 15.8 Å². The second-order valence-electron chi connectivity index (χ2n) is 4.76. The predicted octanol–water partition coefficient (Wildman–Crippen LogP) is 1.68. The Labute approximate surface area is 113 Å². The molecule has 19 heavy (non-hydrogen) atoms. The molecule has 0 saturated heterocycles. The van der Waals surface area contributed by atoms with E-state index in [1.807, 2.05) is 19.9 Å². The highest BCUT2D eigenvalue weighted by molar-refractivity contribution is 5.80. The fourth-order valence-electron chi connectivity index (χ4n) is 1.42. The first-order valence-corrected chi connectivity index (χ1v) is 6.18. The van der Waals surface area contributed by atoms with Crippen LogP contribution in [0.1, 0.15) is 26.3 Å². The topological polar surface area (TPSA) is 88.1 Å². The van der Waals surface area contributed by atoms with Crippen molar-refractivity contribution in [3.8, 4) is 11.8 Å². The number of rotatable bonds is 5. The summed E-state index contributed by atoms with van der Waals surface area (Å²) in [7, 11) is 0. The predicted molar refractivity (Wildman–Crippen MR) is 73.5 cm³/mol. The maximum absolute atomic E-state index is 11.8. The highest BCUT2D eigenvalue weighted by atomic mass is 16.5. The first-order chi connectivity index (χ1) is 8.93. The van der Waals surface area contributed by atoms with Gasteiger partial charge >= 0.3 is 0 Å². The number of nitrogens with one attached hydrogen (secondary N) is 1. The Morgan fingerprint density at radius 2 is 2.16 bits per heavy atom. The summed E-state index contributed by atoms with van der Waals surface area (Å²) in [5, 5.41) is 11.5. The molecule has 1 rings (SSSR count). The Morgan fingerprint density at radius 3 is 2.68 bits per heavy atom. The van der Waals surface area contributed by atoms with E-state index in [0.717, 1.165) is 0 Å². The number of hydrogen-bond donors (Lipinski definition) is 2. The molecule has 0 aromatic heterocycles. The van der Waals surface area contributed by atoms with Crippen LogP contribution in [0, 0.1) is 17.2 Å². The molecule has 1 atom stereocenters. The van der Waals surface area contributed by atoms with Crippen molar-refractivity contribution >= 4 is 11.6 Å². The number of ether oxygens (including phenoxy) is 1. The summed E-state index contributed by atoms with van der Waals surface area (Å²) >= 11 is 0. The minimum Gasteiger partial charge on any atom is -0.479 e. The second kappa shape index (κ2) is 6.64. The molecule has 0 heterocycles. The third-order valence-electron chi connectivity index (χ3n) is 2.50. The Bertz CT molecular complexity index is 492. The average molecular weight is 261 g/mol. The van der Waals surface area contributed by atoms with Crippen LogP contribution in [0.4, 0.5) is 5.69 Å². The van der Waals surface area contributed by atoms with Gasteiger partial charge in [0.2, 0.25) is 0 Å². The lowest BCUT2D eigenvalue weighted by molar-refractivity contribution is -0.127. The zero-order valence-corrected chi connectivity index (χ0v) is 11.4. The molecule has 102 valence electrons. The molecule has 0 radical (unpaired) electrons. The van der Waals surface area contributed by atoms with Crippen LogP contribution in [0.5, 0.6) is 5.75 Å². The smallest absolute Gasteiger partial charge is 0.260 e. The van der Waals surface area contributed by atoms with Crippen molar-refractivity contribution in [1.29, 1.82) is 5.26 Å². The molecule has 0 bridgehead atoms. The summed E-state index contributed by atoms with van der Waals surface area (Å²) in [6.07, 6.45) is -0.631. The standard InChI is InChI=1S/C14H19N3O2/c1-9(2)8-17-14(18)10(3)19-13-5-4-11(7-15)6-12(13)16/h4-6,9-10H,8,16H2,1-3H3,(H,17,18). The van der Waals surface area contributed by atoms with Crippen LogP contribution in [-0.2, 0) is 4.79 Å². The van der Waals surface area contributed by atoms with Crippen molar-refractivity contribution in [1.82, 2.24) is 5.32 Å². The molecule has 3 N–H and O–H groups in total. The van der Waals surface area contributed by atoms with Crippen molar-refractivity contribution in [2.45, 2.75) is 26.9 Å². The van der Waals surface area contributed by atoms with Gasteiger partial charge in [-0.15, -0.1) is 0 Å². The lowest BCUT2D eigenvalue weighted by Gasteiger charge is -2.16. The number of nitriles is 1. The van der Waals surface area contributed by atoms with Gasteiger partial charge in [0.25, 0.3) is 5.91 Å². The number of carbonyl (C=O) groups excluding carboxylic acids is 1. The van der Waals surface area contributed by atoms with Gasteiger partial charge in [-0.1, -0.05) is 13.8 Å². The maximum Gasteiger partial charge on any atom is 0.260 e. The Kier molecular flexibility index (Phi) is 5.19. The third-order valence-corrected chi connectivity index (χ3v) is 2.50. The van der Waals surface area contributed by atoms with E-state index in [1.165, 1.54) is 6.07 Å². The van der Waals surface area contributed by atoms with E-state index >= 15 is 0 Å². The van der Waals surface area contributed by atoms with Gasteiger partial charge in [0.05, 0.1) is 17.3 Å². The van der Waals surface area contributed by atoms with Gasteiger partial charge in [0.15, 0.2) is 6.10 Å². The number of benzene rings is 1. The van der Waals surface area contributed by atoms with Crippen LogP contribution in [0.3, 0.4) is 0 Å². The molecule has 0 aliphatic rings. The molecular weight excluding hydrogens is 242 g/mol. The van der Waals surface area contributed by atoms with Crippen LogP contribution in [0.15, 0.2) is 18.2 Å². The molecule has 5 nitrogen and oxygen atoms in total. The maximum atomic E-state index is 11.8. The summed E-state index contributed by atoms with van der Waals surface area (Å²) in [6, 6.07) is 6.71. The third kappa shape index (κ3) is 4.51. The summed E-state index contributed by atoms with van der Waals surface area (Å²) in [4.78, 5) is 11.8. The molecule has 1 amide bonds. The van der Waals surface area contributed by atoms with Gasteiger partial charge in [-0.25, -0.2) is 0 Å². The Morgan fingerprint density at radius 1 is 1.47 bits per heavy atom. The molecule has 1 aromatic rings. The van der Waals surface area contributed by atoms with Crippen LogP contribution in [0.2, 0.25) is 0 Å². The second-order valence-corrected chi connectivity index (χ2v) is 4.76. The summed E-state index contributed by atoms with van der Waals surface area (Å²) in [5.41, 5.74) is 6.57. The fraction of sp³-hybridized carbons (Fsp3) is 0.429. The number of anilines is 1. The average Bonchev–Trinajstić information content (AvgIpc) is 2.37. The first kappa shape index (κ1) is 14.8. The van der Waals surface area contributed by atoms with Gasteiger partial charge in [0, 0.05) is 6.54 Å². The molecule has 0 aliphatic heterocycles. The molecule has 0 spiro atoms. The van der Waals surface area contributed by atoms with Crippen molar-refractivity contribution in [3.05, 3.63) is 23.8 Å². The van der Waals surface area contributed by atoms with Crippen LogP contribution in [-0.4, -0.2) is 18.6 Å². The fourth-order valence-corrected chi connectivity index (χ4v) is 1.42. The normalized spacial score (nSPS) is 11.7. The Balaban J connectivity index is 2.64.